The van der Waals surface area contributed by atoms with Crippen LogP contribution < -0.4 is 22.3 Å². The van der Waals surface area contributed by atoms with E-state index in [1.165, 1.54) is 0 Å². The second-order valence-corrected chi connectivity index (χ2v) is 2.79. The Kier molecular flexibility index (Phi) is 1.37. The molecule has 1 aromatic heterocycles. The zero-order valence-electron chi connectivity index (χ0n) is 6.83. The van der Waals surface area contributed by atoms with Crippen molar-refractivity contribution in [3.8, 4) is 0 Å². The standard InChI is InChI=1S/C6H12N6/c1-2-3-9-10-6-4(7)5(8)11-12(3)6/h3,9-10H,2,7H2,1H3,(H2,8,11). The average molecular weight is 168 g/mol. The molecule has 66 valence electrons. The van der Waals surface area contributed by atoms with E-state index < -0.39 is 0 Å². The van der Waals surface area contributed by atoms with Crippen LogP contribution in [-0.2, 0) is 0 Å². The summed E-state index contributed by atoms with van der Waals surface area (Å²) in [5.74, 6) is 1.15. The Morgan fingerprint density at radius 3 is 3.00 bits per heavy atom. The number of nitrogens with zero attached hydrogens (tertiary/aromatic N) is 2. The molecule has 1 atom stereocenters. The molecule has 12 heavy (non-hydrogen) atoms. The third kappa shape index (κ3) is 0.751. The molecule has 0 amide bonds. The van der Waals surface area contributed by atoms with Crippen LogP contribution in [-0.4, -0.2) is 9.78 Å². The summed E-state index contributed by atoms with van der Waals surface area (Å²) < 4.78 is 1.77. The van der Waals surface area contributed by atoms with Crippen molar-refractivity contribution in [3.05, 3.63) is 0 Å². The molecule has 1 unspecified atom stereocenters. The van der Waals surface area contributed by atoms with Crippen molar-refractivity contribution in [2.45, 2.75) is 19.5 Å². The molecular formula is C6H12N6. The van der Waals surface area contributed by atoms with Gasteiger partial charge in [0.2, 0.25) is 0 Å². The Hall–Kier alpha value is -1.43. The lowest BCUT2D eigenvalue weighted by molar-refractivity contribution is 0.432. The van der Waals surface area contributed by atoms with Crippen LogP contribution in [0.1, 0.15) is 19.5 Å². The Morgan fingerprint density at radius 2 is 2.33 bits per heavy atom. The zero-order valence-corrected chi connectivity index (χ0v) is 6.83. The molecule has 0 spiro atoms. The molecule has 0 fully saturated rings. The van der Waals surface area contributed by atoms with E-state index in [1.54, 1.807) is 4.68 Å². The monoisotopic (exact) mass is 168 g/mol. The number of aromatic nitrogens is 2. The molecule has 6 heteroatoms. The zero-order chi connectivity index (χ0) is 8.72. The van der Waals surface area contributed by atoms with Crippen LogP contribution in [0, 0.1) is 0 Å². The fraction of sp³-hybridized carbons (Fsp3) is 0.500. The van der Waals surface area contributed by atoms with Gasteiger partial charge < -0.3 is 16.9 Å². The minimum atomic E-state index is 0.152. The fourth-order valence-electron chi connectivity index (χ4n) is 1.30. The molecular weight excluding hydrogens is 156 g/mol. The normalized spacial score (nSPS) is 20.6. The molecule has 0 radical (unpaired) electrons. The van der Waals surface area contributed by atoms with Gasteiger partial charge in [0.25, 0.3) is 0 Å². The summed E-state index contributed by atoms with van der Waals surface area (Å²) in [6.45, 7) is 2.06. The highest BCUT2D eigenvalue weighted by atomic mass is 15.6. The smallest absolute Gasteiger partial charge is 0.171 e. The number of nitrogen functional groups attached to an aromatic ring is 2. The Labute approximate surface area is 69.9 Å². The van der Waals surface area contributed by atoms with Gasteiger partial charge in [-0.05, 0) is 6.42 Å². The summed E-state index contributed by atoms with van der Waals surface area (Å²) in [6.07, 6.45) is 1.08. The van der Waals surface area contributed by atoms with Crippen molar-refractivity contribution in [2.75, 3.05) is 16.9 Å². The highest BCUT2D eigenvalue weighted by molar-refractivity contribution is 5.74. The summed E-state index contributed by atoms with van der Waals surface area (Å²) in [5.41, 5.74) is 17.7. The van der Waals surface area contributed by atoms with E-state index in [9.17, 15) is 0 Å². The fourth-order valence-corrected chi connectivity index (χ4v) is 1.30. The van der Waals surface area contributed by atoms with Gasteiger partial charge in [0.15, 0.2) is 11.6 Å². The Balaban J connectivity index is 2.46. The first-order valence-corrected chi connectivity index (χ1v) is 3.89. The summed E-state index contributed by atoms with van der Waals surface area (Å²) >= 11 is 0. The van der Waals surface area contributed by atoms with E-state index in [1.807, 2.05) is 0 Å². The van der Waals surface area contributed by atoms with Crippen LogP contribution in [0.25, 0.3) is 0 Å². The van der Waals surface area contributed by atoms with Gasteiger partial charge in [0.05, 0.1) is 0 Å². The Morgan fingerprint density at radius 1 is 1.58 bits per heavy atom. The van der Waals surface area contributed by atoms with Crippen molar-refractivity contribution < 1.29 is 0 Å². The highest BCUT2D eigenvalue weighted by Gasteiger charge is 2.24. The van der Waals surface area contributed by atoms with Crippen LogP contribution >= 0.6 is 0 Å². The number of hydrazine groups is 1. The molecule has 2 rings (SSSR count). The molecule has 1 aromatic rings. The van der Waals surface area contributed by atoms with Gasteiger partial charge in [0, 0.05) is 0 Å². The quantitative estimate of drug-likeness (QED) is 0.469. The lowest BCUT2D eigenvalue weighted by Gasteiger charge is -2.06. The van der Waals surface area contributed by atoms with Gasteiger partial charge in [-0.15, -0.1) is 5.10 Å². The van der Waals surface area contributed by atoms with Crippen molar-refractivity contribution in [2.24, 2.45) is 0 Å². The summed E-state index contributed by atoms with van der Waals surface area (Å²) in [6, 6.07) is 0. The van der Waals surface area contributed by atoms with E-state index in [2.05, 4.69) is 22.9 Å². The van der Waals surface area contributed by atoms with Crippen LogP contribution in [0.3, 0.4) is 0 Å². The van der Waals surface area contributed by atoms with Crippen molar-refractivity contribution in [3.63, 3.8) is 0 Å². The molecule has 0 aliphatic carbocycles. The molecule has 6 N–H and O–H groups in total. The van der Waals surface area contributed by atoms with Gasteiger partial charge in [-0.1, -0.05) is 6.92 Å². The van der Waals surface area contributed by atoms with Crippen molar-refractivity contribution in [1.82, 2.24) is 15.2 Å². The molecule has 6 nitrogen and oxygen atoms in total. The third-order valence-corrected chi connectivity index (χ3v) is 2.01. The van der Waals surface area contributed by atoms with Crippen molar-refractivity contribution in [1.29, 1.82) is 0 Å². The predicted molar refractivity (Wildman–Crippen MR) is 47.1 cm³/mol. The number of rotatable bonds is 1. The summed E-state index contributed by atoms with van der Waals surface area (Å²) in [7, 11) is 0. The first kappa shape index (κ1) is 7.23. The van der Waals surface area contributed by atoms with E-state index in [0.29, 0.717) is 11.5 Å². The minimum absolute atomic E-state index is 0.152. The largest absolute Gasteiger partial charge is 0.393 e. The molecule has 0 aromatic carbocycles. The molecule has 1 aliphatic rings. The molecule has 0 saturated carbocycles. The predicted octanol–water partition coefficient (Wildman–Crippen LogP) is -0.114. The summed E-state index contributed by atoms with van der Waals surface area (Å²) in [4.78, 5) is 0. The maximum absolute atomic E-state index is 5.66. The van der Waals surface area contributed by atoms with Crippen LogP contribution in [0.2, 0.25) is 0 Å². The average Bonchev–Trinajstić information content (AvgIpc) is 2.55. The maximum atomic E-state index is 5.66. The molecule has 0 saturated heterocycles. The number of hydrogen-bond donors (Lipinski definition) is 4. The maximum Gasteiger partial charge on any atom is 0.171 e. The third-order valence-electron chi connectivity index (χ3n) is 2.01. The van der Waals surface area contributed by atoms with Gasteiger partial charge >= 0.3 is 0 Å². The van der Waals surface area contributed by atoms with E-state index in [4.69, 9.17) is 11.5 Å². The van der Waals surface area contributed by atoms with E-state index in [-0.39, 0.29) is 6.17 Å². The van der Waals surface area contributed by atoms with Crippen molar-refractivity contribution >= 4 is 17.3 Å². The Bertz CT molecular complexity index is 303. The minimum Gasteiger partial charge on any atom is -0.393 e. The topological polar surface area (TPSA) is 93.9 Å². The van der Waals surface area contributed by atoms with E-state index in [0.717, 1.165) is 12.2 Å². The lowest BCUT2D eigenvalue weighted by Crippen LogP contribution is -2.21. The SMILES string of the molecule is CCC1NNc2c(N)c(N)nn21. The molecule has 1 aliphatic heterocycles. The summed E-state index contributed by atoms with van der Waals surface area (Å²) in [5, 5.41) is 4.09. The van der Waals surface area contributed by atoms with Gasteiger partial charge in [-0.25, -0.2) is 10.1 Å². The number of hydrogen-bond acceptors (Lipinski definition) is 5. The van der Waals surface area contributed by atoms with Gasteiger partial charge in [0.1, 0.15) is 11.9 Å². The number of anilines is 3. The van der Waals surface area contributed by atoms with Gasteiger partial charge in [-0.2, -0.15) is 0 Å². The second kappa shape index (κ2) is 2.28. The van der Waals surface area contributed by atoms with Crippen LogP contribution in [0.15, 0.2) is 0 Å². The second-order valence-electron chi connectivity index (χ2n) is 2.79. The molecule has 0 bridgehead atoms. The highest BCUT2D eigenvalue weighted by Crippen LogP contribution is 2.30. The first-order valence-electron chi connectivity index (χ1n) is 3.89. The molecule has 2 heterocycles. The number of nitrogens with two attached hydrogens (primary N) is 2. The lowest BCUT2D eigenvalue weighted by atomic mass is 10.4. The van der Waals surface area contributed by atoms with Crippen LogP contribution in [0.4, 0.5) is 17.3 Å². The number of nitrogens with one attached hydrogen (secondary N) is 2. The first-order chi connectivity index (χ1) is 5.74. The van der Waals surface area contributed by atoms with Gasteiger partial charge in [-0.3, -0.25) is 0 Å². The van der Waals surface area contributed by atoms with Crippen LogP contribution in [0.5, 0.6) is 0 Å². The number of fused-ring (bicyclic) bond motifs is 1. The van der Waals surface area contributed by atoms with E-state index >= 15 is 0 Å².